The quantitative estimate of drug-likeness (QED) is 0.606. The first-order valence-electron chi connectivity index (χ1n) is 5.37. The zero-order valence-electron chi connectivity index (χ0n) is 9.98. The summed E-state index contributed by atoms with van der Waals surface area (Å²) in [5, 5.41) is 0. The highest BCUT2D eigenvalue weighted by Gasteiger charge is 2.44. The highest BCUT2D eigenvalue weighted by molar-refractivity contribution is 4.95. The van der Waals surface area contributed by atoms with Gasteiger partial charge in [0.2, 0.25) is 0 Å². The van der Waals surface area contributed by atoms with Crippen LogP contribution in [0.5, 0.6) is 0 Å². The van der Waals surface area contributed by atoms with Crippen LogP contribution in [0.4, 0.5) is 0 Å². The minimum atomic E-state index is 0.119. The lowest BCUT2D eigenvalue weighted by Crippen LogP contribution is -2.46. The van der Waals surface area contributed by atoms with E-state index in [9.17, 15) is 0 Å². The predicted octanol–water partition coefficient (Wildman–Crippen LogP) is 3.48. The average molecular weight is 184 g/mol. The van der Waals surface area contributed by atoms with E-state index in [1.807, 2.05) is 7.11 Å². The van der Waals surface area contributed by atoms with Crippen molar-refractivity contribution in [2.75, 3.05) is 7.11 Å². The Hall–Kier alpha value is -0.0400. The van der Waals surface area contributed by atoms with E-state index in [0.29, 0.717) is 5.41 Å². The smallest absolute Gasteiger partial charge is 0.0656 e. The molecule has 1 aliphatic rings. The fourth-order valence-electron chi connectivity index (χ4n) is 2.56. The molecule has 78 valence electrons. The van der Waals surface area contributed by atoms with Gasteiger partial charge in [0.1, 0.15) is 0 Å². The Morgan fingerprint density at radius 3 is 1.69 bits per heavy atom. The molecule has 0 radical (unpaired) electrons. The Morgan fingerprint density at radius 1 is 1.00 bits per heavy atom. The van der Waals surface area contributed by atoms with Crippen LogP contribution in [0.25, 0.3) is 0 Å². The third-order valence-corrected chi connectivity index (χ3v) is 4.51. The van der Waals surface area contributed by atoms with Crippen LogP contribution in [0.1, 0.15) is 47.5 Å². The van der Waals surface area contributed by atoms with Crippen molar-refractivity contribution in [1.82, 2.24) is 0 Å². The maximum Gasteiger partial charge on any atom is 0.0656 e. The second-order valence-electron chi connectivity index (χ2n) is 5.69. The third-order valence-electron chi connectivity index (χ3n) is 4.51. The third kappa shape index (κ3) is 1.90. The standard InChI is InChI=1S/C12H24O/c1-9-7-12(5,13-6)8-10(2)11(9,3)4/h9-10H,7-8H2,1-6H3/t9-,10+,12+. The summed E-state index contributed by atoms with van der Waals surface area (Å²) in [7, 11) is 1.84. The second-order valence-corrected chi connectivity index (χ2v) is 5.69. The van der Waals surface area contributed by atoms with Crippen molar-refractivity contribution in [3.8, 4) is 0 Å². The van der Waals surface area contributed by atoms with Crippen molar-refractivity contribution in [3.05, 3.63) is 0 Å². The van der Waals surface area contributed by atoms with Crippen LogP contribution in [0.3, 0.4) is 0 Å². The zero-order valence-corrected chi connectivity index (χ0v) is 9.98. The van der Waals surface area contributed by atoms with Crippen molar-refractivity contribution >= 4 is 0 Å². The molecule has 1 heteroatoms. The van der Waals surface area contributed by atoms with Gasteiger partial charge in [-0.15, -0.1) is 0 Å². The fraction of sp³-hybridized carbons (Fsp3) is 1.00. The molecule has 13 heavy (non-hydrogen) atoms. The molecule has 0 aromatic carbocycles. The normalized spacial score (nSPS) is 44.8. The van der Waals surface area contributed by atoms with Gasteiger partial charge < -0.3 is 4.74 Å². The minimum absolute atomic E-state index is 0.119. The zero-order chi connectivity index (χ0) is 10.3. The SMILES string of the molecule is CO[C@@]1(C)C[C@@H](C)C(C)(C)[C@@H](C)C1. The summed E-state index contributed by atoms with van der Waals surface area (Å²) >= 11 is 0. The first kappa shape index (κ1) is 11.0. The first-order valence-corrected chi connectivity index (χ1v) is 5.37. The highest BCUT2D eigenvalue weighted by Crippen LogP contribution is 2.49. The number of hydrogen-bond acceptors (Lipinski definition) is 1. The molecule has 0 saturated heterocycles. The van der Waals surface area contributed by atoms with E-state index in [-0.39, 0.29) is 5.60 Å². The van der Waals surface area contributed by atoms with Crippen LogP contribution in [0.2, 0.25) is 0 Å². The van der Waals surface area contributed by atoms with Gasteiger partial charge in [-0.3, -0.25) is 0 Å². The van der Waals surface area contributed by atoms with Crippen LogP contribution in [-0.2, 0) is 4.74 Å². The lowest BCUT2D eigenvalue weighted by Gasteiger charge is -2.49. The van der Waals surface area contributed by atoms with Gasteiger partial charge in [-0.25, -0.2) is 0 Å². The highest BCUT2D eigenvalue weighted by atomic mass is 16.5. The van der Waals surface area contributed by atoms with Gasteiger partial charge in [0.15, 0.2) is 0 Å². The Morgan fingerprint density at radius 2 is 1.38 bits per heavy atom. The molecule has 1 aliphatic carbocycles. The Bertz CT molecular complexity index is 170. The fourth-order valence-corrected chi connectivity index (χ4v) is 2.56. The van der Waals surface area contributed by atoms with Crippen molar-refractivity contribution in [1.29, 1.82) is 0 Å². The molecule has 0 unspecified atom stereocenters. The average Bonchev–Trinajstić information content (AvgIpc) is 2.01. The van der Waals surface area contributed by atoms with Crippen LogP contribution in [0.15, 0.2) is 0 Å². The summed E-state index contributed by atoms with van der Waals surface area (Å²) < 4.78 is 5.61. The maximum atomic E-state index is 5.61. The molecule has 1 nitrogen and oxygen atoms in total. The molecule has 0 bridgehead atoms. The van der Waals surface area contributed by atoms with Crippen molar-refractivity contribution in [3.63, 3.8) is 0 Å². The van der Waals surface area contributed by atoms with Gasteiger partial charge in [0.05, 0.1) is 5.60 Å². The van der Waals surface area contributed by atoms with Crippen molar-refractivity contribution in [2.45, 2.75) is 53.1 Å². The van der Waals surface area contributed by atoms with Crippen LogP contribution in [0, 0.1) is 17.3 Å². The van der Waals surface area contributed by atoms with Crippen LogP contribution < -0.4 is 0 Å². The Balaban J connectivity index is 2.79. The second kappa shape index (κ2) is 3.27. The van der Waals surface area contributed by atoms with E-state index in [1.54, 1.807) is 0 Å². The first-order chi connectivity index (χ1) is 5.82. The molecule has 0 N–H and O–H groups in total. The van der Waals surface area contributed by atoms with Crippen molar-refractivity contribution in [2.24, 2.45) is 17.3 Å². The molecule has 0 amide bonds. The molecule has 3 atom stereocenters. The molecule has 0 aromatic heterocycles. The predicted molar refractivity (Wildman–Crippen MR) is 56.8 cm³/mol. The maximum absolute atomic E-state index is 5.61. The minimum Gasteiger partial charge on any atom is -0.379 e. The molecule has 1 rings (SSSR count). The molecule has 0 aromatic rings. The molecular formula is C12H24O. The number of hydrogen-bond donors (Lipinski definition) is 0. The van der Waals surface area contributed by atoms with E-state index in [1.165, 1.54) is 12.8 Å². The molecule has 1 fully saturated rings. The van der Waals surface area contributed by atoms with E-state index >= 15 is 0 Å². The molecule has 1 saturated carbocycles. The lowest BCUT2D eigenvalue weighted by molar-refractivity contribution is -0.0961. The van der Waals surface area contributed by atoms with Gasteiger partial charge in [-0.05, 0) is 37.0 Å². The summed E-state index contributed by atoms with van der Waals surface area (Å²) in [5.74, 6) is 1.50. The molecule has 0 aliphatic heterocycles. The summed E-state index contributed by atoms with van der Waals surface area (Å²) in [6.45, 7) is 11.7. The van der Waals surface area contributed by atoms with E-state index < -0.39 is 0 Å². The van der Waals surface area contributed by atoms with Crippen LogP contribution in [-0.4, -0.2) is 12.7 Å². The number of ether oxygens (including phenoxy) is 1. The van der Waals surface area contributed by atoms with Crippen LogP contribution >= 0.6 is 0 Å². The summed E-state index contributed by atoms with van der Waals surface area (Å²) in [4.78, 5) is 0. The monoisotopic (exact) mass is 184 g/mol. The Kier molecular flexibility index (Phi) is 2.78. The summed E-state index contributed by atoms with van der Waals surface area (Å²) in [6.07, 6.45) is 2.39. The number of rotatable bonds is 1. The largest absolute Gasteiger partial charge is 0.379 e. The van der Waals surface area contributed by atoms with E-state index in [2.05, 4.69) is 34.6 Å². The summed E-state index contributed by atoms with van der Waals surface area (Å²) in [6, 6.07) is 0. The lowest BCUT2D eigenvalue weighted by atomic mass is 9.59. The van der Waals surface area contributed by atoms with Gasteiger partial charge in [0, 0.05) is 7.11 Å². The van der Waals surface area contributed by atoms with E-state index in [4.69, 9.17) is 4.74 Å². The van der Waals surface area contributed by atoms with Gasteiger partial charge in [-0.1, -0.05) is 27.7 Å². The topological polar surface area (TPSA) is 9.23 Å². The molecule has 0 heterocycles. The van der Waals surface area contributed by atoms with Crippen molar-refractivity contribution < 1.29 is 4.74 Å². The Labute approximate surface area is 82.9 Å². The van der Waals surface area contributed by atoms with Gasteiger partial charge in [-0.2, -0.15) is 0 Å². The number of methoxy groups -OCH3 is 1. The van der Waals surface area contributed by atoms with Gasteiger partial charge in [0.25, 0.3) is 0 Å². The summed E-state index contributed by atoms with van der Waals surface area (Å²) in [5.41, 5.74) is 0.590. The van der Waals surface area contributed by atoms with E-state index in [0.717, 1.165) is 11.8 Å². The molecule has 0 spiro atoms. The molecular weight excluding hydrogens is 160 g/mol. The van der Waals surface area contributed by atoms with Gasteiger partial charge >= 0.3 is 0 Å².